The van der Waals surface area contributed by atoms with Gasteiger partial charge in [0.25, 0.3) is 0 Å². The minimum absolute atomic E-state index is 0.0578. The quantitative estimate of drug-likeness (QED) is 0.0891. The van der Waals surface area contributed by atoms with Crippen LogP contribution in [-0.2, 0) is 32.8 Å². The van der Waals surface area contributed by atoms with Gasteiger partial charge in [-0.1, -0.05) is 0 Å². The summed E-state index contributed by atoms with van der Waals surface area (Å²) in [6, 6.07) is -3.26. The second kappa shape index (κ2) is 15.4. The van der Waals surface area contributed by atoms with Crippen LogP contribution in [0.5, 0.6) is 0 Å². The van der Waals surface area contributed by atoms with Gasteiger partial charge in [-0.2, -0.15) is 0 Å². The van der Waals surface area contributed by atoms with Crippen LogP contribution in [0.4, 0.5) is 0 Å². The normalized spacial score (nSPS) is 42.2. The molecule has 246 valence electrons. The molecule has 0 aromatic heterocycles. The van der Waals surface area contributed by atoms with Gasteiger partial charge in [-0.3, -0.25) is 4.79 Å². The molecule has 0 aromatic rings. The zero-order valence-corrected chi connectivity index (χ0v) is 24.4. The average Bonchev–Trinajstić information content (AvgIpc) is 2.92. The van der Waals surface area contributed by atoms with E-state index in [-0.39, 0.29) is 31.5 Å². The molecule has 0 unspecified atom stereocenters. The van der Waals surface area contributed by atoms with Crippen molar-refractivity contribution < 1.29 is 91.7 Å². The van der Waals surface area contributed by atoms with Crippen molar-refractivity contribution in [3.63, 3.8) is 0 Å². The Morgan fingerprint density at radius 3 is 2.26 bits per heavy atom. The molecule has 2 aliphatic heterocycles. The van der Waals surface area contributed by atoms with Gasteiger partial charge in [-0.05, 0) is 6.42 Å². The fraction of sp³-hybridized carbons (Fsp3) is 0.955. The molecule has 0 bridgehead atoms. The first kappa shape index (κ1) is 35.5. The van der Waals surface area contributed by atoms with Crippen molar-refractivity contribution in [1.82, 2.24) is 5.32 Å². The van der Waals surface area contributed by atoms with Gasteiger partial charge in [0.1, 0.15) is 67.4 Å². The van der Waals surface area contributed by atoms with E-state index in [1.807, 2.05) is 0 Å². The van der Waals surface area contributed by atoms with E-state index in [9.17, 15) is 39.6 Å². The molecule has 3 aliphatic rings. The smallest absolute Gasteiger partial charge is 0.249 e. The Morgan fingerprint density at radius 1 is 1.00 bits per heavy atom. The van der Waals surface area contributed by atoms with Gasteiger partial charge in [0.2, 0.25) is 12.2 Å². The summed E-state index contributed by atoms with van der Waals surface area (Å²) in [6.45, 7) is 0.0460. The molecule has 1 aliphatic carbocycles. The van der Waals surface area contributed by atoms with Crippen LogP contribution in [0.3, 0.4) is 0 Å². The highest BCUT2D eigenvalue weighted by atomic mass is 31.2. The van der Waals surface area contributed by atoms with Gasteiger partial charge in [-0.25, -0.2) is 0 Å². The summed E-state index contributed by atoms with van der Waals surface area (Å²) in [5, 5.41) is 44.5. The summed E-state index contributed by atoms with van der Waals surface area (Å²) < 4.78 is 39.9. The molecular weight excluding hydrogens is 587 g/mol. The van der Waals surface area contributed by atoms with Crippen LogP contribution in [0.15, 0.2) is 0 Å². The van der Waals surface area contributed by atoms with Crippen LogP contribution in [-0.4, -0.2) is 132 Å². The monoisotopic (exact) mass is 635 g/mol. The molecule has 19 nitrogen and oxygen atoms in total. The van der Waals surface area contributed by atoms with Gasteiger partial charge in [0.05, 0.1) is 27.0 Å². The molecule has 42 heavy (non-hydrogen) atoms. The van der Waals surface area contributed by atoms with Crippen LogP contribution in [0, 0.1) is 0 Å². The molecule has 3 rings (SSSR count). The summed E-state index contributed by atoms with van der Waals surface area (Å²) in [5.74, 6) is -0.776. The zero-order chi connectivity index (χ0) is 31.4. The third-order valence-electron chi connectivity index (χ3n) is 7.92. The van der Waals surface area contributed by atoms with Gasteiger partial charge >= 0.3 is 0 Å². The van der Waals surface area contributed by atoms with E-state index in [1.54, 1.807) is 0 Å². The first-order valence-corrected chi connectivity index (χ1v) is 15.5. The minimum atomic E-state index is -5.66. The molecule has 0 radical (unpaired) electrons. The zero-order valence-electron chi connectivity index (χ0n) is 23.5. The Morgan fingerprint density at radius 2 is 1.67 bits per heavy atom. The highest BCUT2D eigenvalue weighted by Gasteiger charge is 2.54. The van der Waals surface area contributed by atoms with Crippen LogP contribution in [0.1, 0.15) is 25.7 Å². The van der Waals surface area contributed by atoms with Crippen molar-refractivity contribution in [2.75, 3.05) is 19.7 Å². The Bertz CT molecular complexity index is 922. The number of phosphoric acid groups is 1. The lowest BCUT2D eigenvalue weighted by molar-refractivity contribution is -0.508. The average molecular weight is 636 g/mol. The Hall–Kier alpha value is -0.940. The van der Waals surface area contributed by atoms with Crippen molar-refractivity contribution in [2.24, 2.45) is 0 Å². The topological polar surface area (TPSA) is 358 Å². The number of hydrogen-bond acceptors (Lipinski definition) is 13. The van der Waals surface area contributed by atoms with Gasteiger partial charge < -0.3 is 92.2 Å². The number of aliphatic hydroxyl groups is 4. The van der Waals surface area contributed by atoms with E-state index in [2.05, 4.69) is 38.5 Å². The number of aliphatic hydroxyl groups excluding tert-OH is 4. The van der Waals surface area contributed by atoms with Crippen molar-refractivity contribution in [3.05, 3.63) is 0 Å². The van der Waals surface area contributed by atoms with Crippen molar-refractivity contribution >= 4 is 13.7 Å². The molecule has 1 saturated carbocycles. The summed E-state index contributed by atoms with van der Waals surface area (Å²) in [7, 11) is -5.66. The summed E-state index contributed by atoms with van der Waals surface area (Å²) in [6.07, 6.45) is -11.2. The molecule has 1 amide bonds. The predicted octanol–water partition coefficient (Wildman–Crippen LogP) is -11.1. The number of nitrogens with one attached hydrogen (secondary N) is 1. The van der Waals surface area contributed by atoms with E-state index in [1.165, 1.54) is 0 Å². The largest absolute Gasteiger partial charge is 0.790 e. The van der Waals surface area contributed by atoms with E-state index in [0.717, 1.165) is 6.42 Å². The maximum atomic E-state index is 12.7. The molecule has 3 fully saturated rings. The number of amides is 1. The fourth-order valence-corrected chi connectivity index (χ4v) is 6.07. The first-order chi connectivity index (χ1) is 19.7. The Kier molecular flexibility index (Phi) is 13.0. The number of quaternary nitrogens is 5. The SMILES string of the molecule is [NH3+]CC[C@H](O)C(=O)N[C@@H]1C[C@H]([NH3+])[C@@H](O[C@H]2O[C@H](C[NH3+])CC[C@H]2[NH3+])[C@H](O)[C@H]1O[C@H]1O[C@H](CO)[C@@H](O)[C@H]([NH3+])[C@H]1OP(=O)([O-])[O-]. The molecule has 20 N–H and O–H groups in total. The van der Waals surface area contributed by atoms with Gasteiger partial charge in [-0.15, -0.1) is 0 Å². The molecule has 2 heterocycles. The maximum Gasteiger partial charge on any atom is 0.249 e. The lowest BCUT2D eigenvalue weighted by Gasteiger charge is -2.48. The van der Waals surface area contributed by atoms with Gasteiger partial charge in [0, 0.05) is 19.3 Å². The maximum absolute atomic E-state index is 12.7. The van der Waals surface area contributed by atoms with E-state index < -0.39 is 93.8 Å². The third kappa shape index (κ3) is 8.83. The van der Waals surface area contributed by atoms with Crippen molar-refractivity contribution in [3.8, 4) is 0 Å². The van der Waals surface area contributed by atoms with Crippen LogP contribution in [0.25, 0.3) is 0 Å². The summed E-state index contributed by atoms with van der Waals surface area (Å²) in [5.41, 5.74) is 19.3. The lowest BCUT2D eigenvalue weighted by Crippen LogP contribution is -2.80. The lowest BCUT2D eigenvalue weighted by atomic mass is 9.83. The minimum Gasteiger partial charge on any atom is -0.790 e. The standard InChI is InChI=1S/C22H45N6O13P/c23-4-3-12(30)20(33)28-11-5-10(26)17(39-21-9(25)2-1-8(6-24)37-21)16(32)18(11)40-22-19(41-42(34,35)36)14(27)15(31)13(7-29)38-22/h8-19,21-22,29-32H,1-7,23-27H2,(H,28,33)(H2,34,35,36)/p+3/t8-,9+,10-,11+,12-,13+,14-,15+,16-,17+,18-,19+,21+,22+/m0/s1. The molecule has 2 saturated heterocycles. The van der Waals surface area contributed by atoms with Crippen LogP contribution in [0.2, 0.25) is 0 Å². The molecular formula is C22H48N6O13P+3. The third-order valence-corrected chi connectivity index (χ3v) is 8.43. The molecule has 0 spiro atoms. The number of rotatable bonds is 12. The van der Waals surface area contributed by atoms with Crippen LogP contribution >= 0.6 is 7.82 Å². The molecule has 0 aromatic carbocycles. The van der Waals surface area contributed by atoms with E-state index in [4.69, 9.17) is 18.9 Å². The second-order valence-corrected chi connectivity index (χ2v) is 12.2. The summed E-state index contributed by atoms with van der Waals surface area (Å²) >= 11 is 0. The first-order valence-electron chi connectivity index (χ1n) is 14.1. The molecule has 20 heteroatoms. The number of carbonyl (C=O) groups is 1. The van der Waals surface area contributed by atoms with Crippen LogP contribution < -0.4 is 43.8 Å². The second-order valence-electron chi connectivity index (χ2n) is 11.1. The Labute approximate surface area is 242 Å². The van der Waals surface area contributed by atoms with E-state index in [0.29, 0.717) is 13.0 Å². The van der Waals surface area contributed by atoms with Crippen molar-refractivity contribution in [2.45, 2.75) is 111 Å². The number of carbonyl (C=O) groups excluding carboxylic acids is 1. The summed E-state index contributed by atoms with van der Waals surface area (Å²) in [4.78, 5) is 35.8. The fourth-order valence-electron chi connectivity index (χ4n) is 5.52. The highest BCUT2D eigenvalue weighted by molar-refractivity contribution is 7.43. The number of hydrogen-bond donors (Lipinski definition) is 10. The number of ether oxygens (including phenoxy) is 4. The predicted molar refractivity (Wildman–Crippen MR) is 131 cm³/mol. The van der Waals surface area contributed by atoms with Gasteiger partial charge in [0.15, 0.2) is 12.4 Å². The highest BCUT2D eigenvalue weighted by Crippen LogP contribution is 2.36. The Balaban J connectivity index is 1.91. The van der Waals surface area contributed by atoms with Crippen molar-refractivity contribution in [1.29, 1.82) is 0 Å². The van der Waals surface area contributed by atoms with E-state index >= 15 is 0 Å². The molecule has 14 atom stereocenters. The number of phosphoric ester groups is 1.